The second kappa shape index (κ2) is 7.52. The molecule has 0 aromatic carbocycles. The van der Waals surface area contributed by atoms with Gasteiger partial charge in [-0.3, -0.25) is 14.9 Å². The highest BCUT2D eigenvalue weighted by atomic mass is 32.2. The lowest BCUT2D eigenvalue weighted by Crippen LogP contribution is -2.42. The maximum absolute atomic E-state index is 11.5. The minimum absolute atomic E-state index is 0.0255. The number of rotatable bonds is 7. The van der Waals surface area contributed by atoms with Gasteiger partial charge in [0.05, 0.1) is 6.04 Å². The van der Waals surface area contributed by atoms with Gasteiger partial charge in [-0.1, -0.05) is 0 Å². The number of hydrogen-bond acceptors (Lipinski definition) is 5. The predicted molar refractivity (Wildman–Crippen MR) is 66.7 cm³/mol. The molecule has 2 unspecified atom stereocenters. The molecule has 1 aliphatic heterocycles. The minimum atomic E-state index is -0.971. The highest BCUT2D eigenvalue weighted by Crippen LogP contribution is 2.09. The summed E-state index contributed by atoms with van der Waals surface area (Å²) in [6.07, 6.45) is 1.91. The first-order valence-electron chi connectivity index (χ1n) is 5.68. The SMILES string of the molecule is NC(CCCCNC(=O)C1CSCN1)C(=O)O. The van der Waals surface area contributed by atoms with E-state index >= 15 is 0 Å². The van der Waals surface area contributed by atoms with Crippen LogP contribution in [0.1, 0.15) is 19.3 Å². The Labute approximate surface area is 105 Å². The van der Waals surface area contributed by atoms with Crippen LogP contribution < -0.4 is 16.4 Å². The Kier molecular flexibility index (Phi) is 6.31. The zero-order valence-corrected chi connectivity index (χ0v) is 10.5. The number of carbonyl (C=O) groups is 2. The van der Waals surface area contributed by atoms with Crippen molar-refractivity contribution in [2.24, 2.45) is 5.73 Å². The van der Waals surface area contributed by atoms with E-state index in [4.69, 9.17) is 10.8 Å². The molecule has 0 radical (unpaired) electrons. The van der Waals surface area contributed by atoms with E-state index in [-0.39, 0.29) is 11.9 Å². The maximum Gasteiger partial charge on any atom is 0.320 e. The molecule has 1 aliphatic rings. The lowest BCUT2D eigenvalue weighted by atomic mass is 10.1. The van der Waals surface area contributed by atoms with Crippen LogP contribution in [0.25, 0.3) is 0 Å². The van der Waals surface area contributed by atoms with Crippen LogP contribution in [-0.4, -0.2) is 47.2 Å². The Bertz CT molecular complexity index is 270. The number of unbranched alkanes of at least 4 members (excludes halogenated alkanes) is 1. The molecule has 0 aromatic rings. The van der Waals surface area contributed by atoms with E-state index in [9.17, 15) is 9.59 Å². The average molecular weight is 261 g/mol. The highest BCUT2D eigenvalue weighted by molar-refractivity contribution is 7.99. The zero-order valence-electron chi connectivity index (χ0n) is 9.65. The molecule has 1 fully saturated rings. The van der Waals surface area contributed by atoms with E-state index in [1.54, 1.807) is 11.8 Å². The van der Waals surface area contributed by atoms with Gasteiger partial charge >= 0.3 is 5.97 Å². The van der Waals surface area contributed by atoms with Crippen molar-refractivity contribution in [1.82, 2.24) is 10.6 Å². The van der Waals surface area contributed by atoms with Gasteiger partial charge in [0, 0.05) is 18.2 Å². The predicted octanol–water partition coefficient (Wildman–Crippen LogP) is -0.653. The summed E-state index contributed by atoms with van der Waals surface area (Å²) in [5.74, 6) is 0.695. The van der Waals surface area contributed by atoms with Crippen molar-refractivity contribution >= 4 is 23.6 Å². The molecular weight excluding hydrogens is 242 g/mol. The van der Waals surface area contributed by atoms with Gasteiger partial charge in [-0.25, -0.2) is 0 Å². The van der Waals surface area contributed by atoms with E-state index in [2.05, 4.69) is 10.6 Å². The summed E-state index contributed by atoms with van der Waals surface area (Å²) in [7, 11) is 0. The summed E-state index contributed by atoms with van der Waals surface area (Å²) in [6.45, 7) is 0.577. The first-order chi connectivity index (χ1) is 8.11. The van der Waals surface area contributed by atoms with E-state index in [0.717, 1.165) is 18.1 Å². The Morgan fingerprint density at radius 3 is 2.88 bits per heavy atom. The quantitative estimate of drug-likeness (QED) is 0.454. The molecule has 5 N–H and O–H groups in total. The zero-order chi connectivity index (χ0) is 12.7. The molecule has 1 saturated heterocycles. The summed E-state index contributed by atoms with van der Waals surface area (Å²) in [5.41, 5.74) is 5.36. The Morgan fingerprint density at radius 2 is 2.29 bits per heavy atom. The number of carboxylic acid groups (broad SMARTS) is 1. The largest absolute Gasteiger partial charge is 0.480 e. The van der Waals surface area contributed by atoms with E-state index in [1.807, 2.05) is 0 Å². The van der Waals surface area contributed by atoms with Gasteiger partial charge in [0.15, 0.2) is 0 Å². The van der Waals surface area contributed by atoms with Crippen molar-refractivity contribution in [2.45, 2.75) is 31.3 Å². The number of carbonyl (C=O) groups excluding carboxylic acids is 1. The number of carboxylic acids is 1. The second-order valence-corrected chi connectivity index (χ2v) is 5.03. The number of nitrogens with two attached hydrogens (primary N) is 1. The van der Waals surface area contributed by atoms with Crippen LogP contribution in [0.2, 0.25) is 0 Å². The maximum atomic E-state index is 11.5. The number of nitrogens with one attached hydrogen (secondary N) is 2. The fraction of sp³-hybridized carbons (Fsp3) is 0.800. The van der Waals surface area contributed by atoms with Gasteiger partial charge in [0.1, 0.15) is 6.04 Å². The fourth-order valence-electron chi connectivity index (χ4n) is 1.51. The third-order valence-electron chi connectivity index (χ3n) is 2.59. The molecule has 0 aromatic heterocycles. The Morgan fingerprint density at radius 1 is 1.53 bits per heavy atom. The summed E-state index contributed by atoms with van der Waals surface area (Å²) < 4.78 is 0. The fourth-order valence-corrected chi connectivity index (χ4v) is 2.45. The average Bonchev–Trinajstić information content (AvgIpc) is 2.81. The van der Waals surface area contributed by atoms with Crippen LogP contribution in [0.5, 0.6) is 0 Å². The number of thioether (sulfide) groups is 1. The smallest absolute Gasteiger partial charge is 0.320 e. The molecule has 2 atom stereocenters. The van der Waals surface area contributed by atoms with Crippen molar-refractivity contribution in [3.8, 4) is 0 Å². The second-order valence-electron chi connectivity index (χ2n) is 4.00. The molecule has 7 heteroatoms. The van der Waals surface area contributed by atoms with Crippen LogP contribution in [0.4, 0.5) is 0 Å². The lowest BCUT2D eigenvalue weighted by Gasteiger charge is -2.10. The van der Waals surface area contributed by atoms with Crippen molar-refractivity contribution < 1.29 is 14.7 Å². The van der Waals surface area contributed by atoms with Gasteiger partial charge in [0.2, 0.25) is 5.91 Å². The van der Waals surface area contributed by atoms with Crippen molar-refractivity contribution in [2.75, 3.05) is 18.2 Å². The molecule has 1 heterocycles. The molecule has 0 aliphatic carbocycles. The lowest BCUT2D eigenvalue weighted by molar-refractivity contribution is -0.138. The Hall–Kier alpha value is -0.790. The molecule has 0 bridgehead atoms. The molecule has 6 nitrogen and oxygen atoms in total. The van der Waals surface area contributed by atoms with Gasteiger partial charge in [0.25, 0.3) is 0 Å². The van der Waals surface area contributed by atoms with Crippen molar-refractivity contribution in [3.05, 3.63) is 0 Å². The third kappa shape index (κ3) is 5.38. The van der Waals surface area contributed by atoms with Gasteiger partial charge in [-0.15, -0.1) is 11.8 Å². The molecule has 1 rings (SSSR count). The van der Waals surface area contributed by atoms with Crippen molar-refractivity contribution in [1.29, 1.82) is 0 Å². The molecule has 0 spiro atoms. The van der Waals surface area contributed by atoms with E-state index < -0.39 is 12.0 Å². The van der Waals surface area contributed by atoms with Crippen LogP contribution in [-0.2, 0) is 9.59 Å². The molecule has 1 amide bonds. The van der Waals surface area contributed by atoms with Gasteiger partial charge in [-0.2, -0.15) is 0 Å². The minimum Gasteiger partial charge on any atom is -0.480 e. The third-order valence-corrected chi connectivity index (χ3v) is 3.53. The first kappa shape index (κ1) is 14.3. The normalized spacial score (nSPS) is 21.1. The van der Waals surface area contributed by atoms with E-state index in [0.29, 0.717) is 19.4 Å². The summed E-state index contributed by atoms with van der Waals surface area (Å²) in [5, 5.41) is 14.5. The standard InChI is InChI=1S/C10H19N3O3S/c11-7(10(15)16)3-1-2-4-12-9(14)8-5-17-6-13-8/h7-8,13H,1-6,11H2,(H,12,14)(H,15,16). The summed E-state index contributed by atoms with van der Waals surface area (Å²) in [6, 6.07) is -0.875. The molecular formula is C10H19N3O3S. The molecule has 0 saturated carbocycles. The van der Waals surface area contributed by atoms with Gasteiger partial charge in [-0.05, 0) is 19.3 Å². The summed E-state index contributed by atoms with van der Waals surface area (Å²) in [4.78, 5) is 22.0. The number of amides is 1. The highest BCUT2D eigenvalue weighted by Gasteiger charge is 2.21. The van der Waals surface area contributed by atoms with Crippen LogP contribution >= 0.6 is 11.8 Å². The van der Waals surface area contributed by atoms with Crippen LogP contribution in [0, 0.1) is 0 Å². The van der Waals surface area contributed by atoms with E-state index in [1.165, 1.54) is 0 Å². The van der Waals surface area contributed by atoms with Crippen LogP contribution in [0.3, 0.4) is 0 Å². The van der Waals surface area contributed by atoms with Crippen molar-refractivity contribution in [3.63, 3.8) is 0 Å². The Balaban J connectivity index is 2.00. The first-order valence-corrected chi connectivity index (χ1v) is 6.84. The topological polar surface area (TPSA) is 104 Å². The number of aliphatic carboxylic acids is 1. The van der Waals surface area contributed by atoms with Crippen LogP contribution in [0.15, 0.2) is 0 Å². The summed E-state index contributed by atoms with van der Waals surface area (Å²) >= 11 is 1.71. The van der Waals surface area contributed by atoms with Gasteiger partial charge < -0.3 is 16.2 Å². The molecule has 98 valence electrons. The monoisotopic (exact) mass is 261 g/mol. The number of hydrogen-bond donors (Lipinski definition) is 4. The molecule has 17 heavy (non-hydrogen) atoms.